The number of carbonyl (C=O) groups is 1. The van der Waals surface area contributed by atoms with E-state index < -0.39 is 50.8 Å². The molecule has 25 heavy (non-hydrogen) atoms. The minimum absolute atomic E-state index is 0.0280. The highest BCUT2D eigenvalue weighted by atomic mass is 31.2. The van der Waals surface area contributed by atoms with Crippen LogP contribution in [0.4, 0.5) is 5.82 Å². The summed E-state index contributed by atoms with van der Waals surface area (Å²) in [6.07, 6.45) is -2.47. The van der Waals surface area contributed by atoms with Gasteiger partial charge in [0.05, 0.1) is 0 Å². The maximum absolute atomic E-state index is 11.9. The fraction of sp³-hybridized carbons (Fsp3) is 0.583. The minimum atomic E-state index is -3.31. The molecule has 0 aliphatic carbocycles. The van der Waals surface area contributed by atoms with Crippen LogP contribution in [0.25, 0.3) is 0 Å². The zero-order valence-corrected chi connectivity index (χ0v) is 14.1. The van der Waals surface area contributed by atoms with Crippen LogP contribution in [0.2, 0.25) is 0 Å². The van der Waals surface area contributed by atoms with Gasteiger partial charge in [-0.05, 0) is 6.07 Å². The highest BCUT2D eigenvalue weighted by Gasteiger charge is 2.58. The molecule has 11 nitrogen and oxygen atoms in total. The lowest BCUT2D eigenvalue weighted by Gasteiger charge is -2.30. The summed E-state index contributed by atoms with van der Waals surface area (Å²) in [7, 11) is 2.58. The van der Waals surface area contributed by atoms with Crippen molar-refractivity contribution in [2.24, 2.45) is 0 Å². The van der Waals surface area contributed by atoms with Crippen LogP contribution in [0.1, 0.15) is 13.2 Å². The molecule has 0 spiro atoms. The van der Waals surface area contributed by atoms with Crippen LogP contribution in [0.15, 0.2) is 17.1 Å². The number of aromatic nitrogens is 2. The van der Waals surface area contributed by atoms with E-state index in [1.165, 1.54) is 19.2 Å². The molecule has 0 amide bonds. The standard InChI is InChI=1S/C12H16BN3O8P/c1-6(17)20-5-22-25(13)21-4-7-10(24-25)9(18)11(23-7)16-3-2-8(14)15-12(16)19/h2-3,7,9-11,18H,4-5H2,1H3,(H2,14,15,19)/q+1/t7-,9?,10-,11-,25?/m1/s1. The number of hydrogen-bond donors (Lipinski definition) is 2. The largest absolute Gasteiger partial charge is 0.488 e. The van der Waals surface area contributed by atoms with E-state index in [2.05, 4.69) is 9.72 Å². The molecule has 3 rings (SSSR count). The summed E-state index contributed by atoms with van der Waals surface area (Å²) in [5, 5.41) is 10.5. The number of ether oxygens (including phenoxy) is 2. The van der Waals surface area contributed by atoms with Gasteiger partial charge in [0.15, 0.2) is 12.3 Å². The Kier molecular flexibility index (Phi) is 5.10. The van der Waals surface area contributed by atoms with Crippen LogP contribution in [0.3, 0.4) is 0 Å². The summed E-state index contributed by atoms with van der Waals surface area (Å²) in [5.41, 5.74) is 4.77. The van der Waals surface area contributed by atoms with Crippen LogP contribution < -0.4 is 11.4 Å². The lowest BCUT2D eigenvalue weighted by atomic mass is 10.1. The van der Waals surface area contributed by atoms with Crippen molar-refractivity contribution >= 4 is 27.2 Å². The normalized spacial score (nSPS) is 34.5. The Hall–Kier alpha value is -1.56. The van der Waals surface area contributed by atoms with Gasteiger partial charge in [0.1, 0.15) is 24.6 Å². The van der Waals surface area contributed by atoms with Crippen molar-refractivity contribution in [3.8, 4) is 0 Å². The van der Waals surface area contributed by atoms with E-state index in [0.717, 1.165) is 4.57 Å². The second-order valence-corrected chi connectivity index (χ2v) is 7.19. The van der Waals surface area contributed by atoms with Crippen molar-refractivity contribution in [2.45, 2.75) is 31.5 Å². The number of aliphatic hydroxyl groups is 1. The SMILES string of the molecule is [B][P+]1(OCOC(C)=O)OC[C@H]2O[C@@H](n3ccc(N)nc3=O)C(O)[C@@H]2O1. The van der Waals surface area contributed by atoms with E-state index in [-0.39, 0.29) is 12.4 Å². The third-order valence-corrected chi connectivity index (χ3v) is 5.13. The van der Waals surface area contributed by atoms with Crippen LogP contribution in [0.5, 0.6) is 0 Å². The Labute approximate surface area is 143 Å². The minimum Gasteiger partial charge on any atom is -0.434 e. The summed E-state index contributed by atoms with van der Waals surface area (Å²) < 4.78 is 27.4. The first-order valence-electron chi connectivity index (χ1n) is 7.26. The zero-order valence-electron chi connectivity index (χ0n) is 13.2. The molecule has 2 aliphatic heterocycles. The van der Waals surface area contributed by atoms with Gasteiger partial charge >= 0.3 is 27.0 Å². The average Bonchev–Trinajstić information content (AvgIpc) is 2.83. The molecular weight excluding hydrogens is 356 g/mol. The fourth-order valence-electron chi connectivity index (χ4n) is 2.46. The topological polar surface area (TPSA) is 144 Å². The molecule has 3 heterocycles. The van der Waals surface area contributed by atoms with Crippen LogP contribution >= 0.6 is 7.82 Å². The molecule has 3 N–H and O–H groups in total. The first-order valence-corrected chi connectivity index (χ1v) is 8.87. The number of hydrogen-bond acceptors (Lipinski definition) is 10. The fourth-order valence-corrected chi connectivity index (χ4v) is 3.81. The molecule has 5 atom stereocenters. The van der Waals surface area contributed by atoms with Crippen LogP contribution in [-0.4, -0.2) is 59.9 Å². The van der Waals surface area contributed by atoms with Crippen molar-refractivity contribution in [1.82, 2.24) is 9.55 Å². The number of aliphatic hydroxyl groups excluding tert-OH is 1. The molecule has 2 aliphatic rings. The zero-order chi connectivity index (χ0) is 18.2. The highest BCUT2D eigenvalue weighted by molar-refractivity contribution is 7.85. The number of anilines is 1. The molecule has 2 fully saturated rings. The van der Waals surface area contributed by atoms with Gasteiger partial charge in [-0.2, -0.15) is 18.6 Å². The monoisotopic (exact) mass is 372 g/mol. The third kappa shape index (κ3) is 3.84. The lowest BCUT2D eigenvalue weighted by Crippen LogP contribution is -2.41. The number of nitrogens with zero attached hydrogens (tertiary/aromatic N) is 2. The third-order valence-electron chi connectivity index (χ3n) is 3.62. The quantitative estimate of drug-likeness (QED) is 0.289. The van der Waals surface area contributed by atoms with Crippen molar-refractivity contribution in [1.29, 1.82) is 0 Å². The summed E-state index contributed by atoms with van der Waals surface area (Å²) >= 11 is 0. The highest BCUT2D eigenvalue weighted by Crippen LogP contribution is 2.62. The Morgan fingerprint density at radius 2 is 2.40 bits per heavy atom. The second kappa shape index (κ2) is 6.98. The molecule has 2 radical (unpaired) electrons. The smallest absolute Gasteiger partial charge is 0.434 e. The first kappa shape index (κ1) is 18.2. The van der Waals surface area contributed by atoms with Gasteiger partial charge in [-0.3, -0.25) is 9.36 Å². The summed E-state index contributed by atoms with van der Waals surface area (Å²) in [5.74, 6) is -0.502. The van der Waals surface area contributed by atoms with Crippen molar-refractivity contribution < 1.29 is 32.9 Å². The van der Waals surface area contributed by atoms with E-state index in [4.69, 9.17) is 31.6 Å². The van der Waals surface area contributed by atoms with Gasteiger partial charge in [0.25, 0.3) is 0 Å². The van der Waals surface area contributed by atoms with Crippen LogP contribution in [-0.2, 0) is 27.8 Å². The predicted octanol–water partition coefficient (Wildman–Crippen LogP) is -1.12. The molecule has 0 saturated carbocycles. The maximum Gasteiger partial charge on any atom is 0.488 e. The van der Waals surface area contributed by atoms with Crippen molar-refractivity contribution in [3.63, 3.8) is 0 Å². The van der Waals surface area contributed by atoms with Gasteiger partial charge < -0.3 is 20.3 Å². The molecule has 134 valence electrons. The number of nitrogen functional groups attached to an aromatic ring is 1. The Bertz CT molecular complexity index is 720. The Morgan fingerprint density at radius 3 is 3.08 bits per heavy atom. The molecule has 13 heteroatoms. The van der Waals surface area contributed by atoms with Gasteiger partial charge in [-0.1, -0.05) is 0 Å². The van der Waals surface area contributed by atoms with E-state index in [1.807, 2.05) is 0 Å². The Balaban J connectivity index is 1.71. The lowest BCUT2D eigenvalue weighted by molar-refractivity contribution is -0.149. The van der Waals surface area contributed by atoms with Gasteiger partial charge in [0.2, 0.25) is 6.79 Å². The maximum atomic E-state index is 11.9. The van der Waals surface area contributed by atoms with Gasteiger partial charge in [-0.25, -0.2) is 4.79 Å². The number of carbonyl (C=O) groups excluding carboxylic acids is 1. The van der Waals surface area contributed by atoms with Crippen LogP contribution in [0, 0.1) is 0 Å². The molecule has 0 bridgehead atoms. The van der Waals surface area contributed by atoms with Crippen molar-refractivity contribution in [2.75, 3.05) is 19.1 Å². The number of nitrogens with two attached hydrogens (primary N) is 1. The number of rotatable bonds is 4. The molecular formula is C12H16BN3O8P+. The molecule has 1 aromatic heterocycles. The molecule has 2 unspecified atom stereocenters. The summed E-state index contributed by atoms with van der Waals surface area (Å²) in [4.78, 5) is 26.3. The van der Waals surface area contributed by atoms with E-state index in [1.54, 1.807) is 0 Å². The van der Waals surface area contributed by atoms with Gasteiger partial charge in [0, 0.05) is 13.1 Å². The molecule has 1 aromatic rings. The summed E-state index contributed by atoms with van der Waals surface area (Å²) in [6.45, 7) is 0.736. The number of fused-ring (bicyclic) bond motifs is 1. The van der Waals surface area contributed by atoms with E-state index in [9.17, 15) is 14.7 Å². The Morgan fingerprint density at radius 1 is 1.64 bits per heavy atom. The summed E-state index contributed by atoms with van der Waals surface area (Å²) in [6, 6.07) is 1.40. The average molecular weight is 372 g/mol. The molecule has 0 aromatic carbocycles. The van der Waals surface area contributed by atoms with Crippen molar-refractivity contribution in [3.05, 3.63) is 22.7 Å². The number of esters is 1. The second-order valence-electron chi connectivity index (χ2n) is 5.39. The predicted molar refractivity (Wildman–Crippen MR) is 84.0 cm³/mol. The molecule has 2 saturated heterocycles. The van der Waals surface area contributed by atoms with E-state index >= 15 is 0 Å². The van der Waals surface area contributed by atoms with E-state index in [0.29, 0.717) is 0 Å². The first-order chi connectivity index (χ1) is 11.8. The van der Waals surface area contributed by atoms with Gasteiger partial charge in [-0.15, -0.1) is 0 Å².